The van der Waals surface area contributed by atoms with Crippen LogP contribution >= 0.6 is 0 Å². The molecule has 1 nitrogen and oxygen atoms in total. The Morgan fingerprint density at radius 3 is 2.00 bits per heavy atom. The van der Waals surface area contributed by atoms with Crippen LogP contribution in [0, 0.1) is 5.41 Å². The molecule has 1 spiro atoms. The van der Waals surface area contributed by atoms with E-state index in [0.29, 0.717) is 19.0 Å². The van der Waals surface area contributed by atoms with Crippen molar-refractivity contribution in [1.82, 2.24) is 4.90 Å². The molecule has 0 aromatic rings. The first-order chi connectivity index (χ1) is 6.18. The molecule has 1 saturated heterocycles. The second kappa shape index (κ2) is 2.49. The van der Waals surface area contributed by atoms with Gasteiger partial charge in [-0.15, -0.1) is 0 Å². The second-order valence-electron chi connectivity index (χ2n) is 6.01. The lowest BCUT2D eigenvalue weighted by molar-refractivity contribution is 0.0592. The summed E-state index contributed by atoms with van der Waals surface area (Å²) in [5.41, 5.74) is -0.652. The molecule has 1 aliphatic heterocycles. The summed E-state index contributed by atoms with van der Waals surface area (Å²) >= 11 is 0. The van der Waals surface area contributed by atoms with Crippen molar-refractivity contribution >= 4 is 0 Å². The first-order valence-corrected chi connectivity index (χ1v) is 5.33. The molecule has 2 fully saturated rings. The van der Waals surface area contributed by atoms with Crippen LogP contribution in [0.5, 0.6) is 0 Å². The highest BCUT2D eigenvalue weighted by molar-refractivity contribution is 5.17. The number of hydrogen-bond acceptors (Lipinski definition) is 1. The molecule has 14 heavy (non-hydrogen) atoms. The lowest BCUT2D eigenvalue weighted by Crippen LogP contribution is -2.43. The summed E-state index contributed by atoms with van der Waals surface area (Å²) in [5.74, 6) is -2.39. The first kappa shape index (κ1) is 10.3. The molecule has 2 aliphatic rings. The van der Waals surface area contributed by atoms with Crippen molar-refractivity contribution in [2.75, 3.05) is 6.54 Å². The predicted octanol–water partition coefficient (Wildman–Crippen LogP) is 2.90. The Morgan fingerprint density at radius 2 is 1.79 bits per heavy atom. The minimum absolute atomic E-state index is 0.0155. The summed E-state index contributed by atoms with van der Waals surface area (Å²) < 4.78 is 26.4. The molecule has 82 valence electrons. The molecule has 0 aromatic heterocycles. The van der Waals surface area contributed by atoms with E-state index >= 15 is 0 Å². The predicted molar refractivity (Wildman–Crippen MR) is 52.5 cm³/mol. The van der Waals surface area contributed by atoms with Crippen molar-refractivity contribution < 1.29 is 8.78 Å². The van der Waals surface area contributed by atoms with Gasteiger partial charge in [0.2, 0.25) is 0 Å². The smallest absolute Gasteiger partial charge is 0.255 e. The quantitative estimate of drug-likeness (QED) is 0.585. The maximum atomic E-state index is 13.2. The average molecular weight is 203 g/mol. The Hall–Kier alpha value is -0.180. The van der Waals surface area contributed by atoms with Gasteiger partial charge in [-0.2, -0.15) is 0 Å². The number of hydrogen-bond donors (Lipinski definition) is 0. The van der Waals surface area contributed by atoms with Crippen LogP contribution in [0.3, 0.4) is 0 Å². The summed E-state index contributed by atoms with van der Waals surface area (Å²) in [4.78, 5) is 2.22. The summed E-state index contributed by atoms with van der Waals surface area (Å²) in [6.45, 7) is 8.94. The third kappa shape index (κ3) is 1.28. The molecule has 0 N–H and O–H groups in total. The van der Waals surface area contributed by atoms with E-state index in [4.69, 9.17) is 0 Å². The second-order valence-corrected chi connectivity index (χ2v) is 6.01. The fraction of sp³-hybridized carbons (Fsp3) is 1.00. The zero-order chi connectivity index (χ0) is 10.8. The maximum absolute atomic E-state index is 13.2. The van der Waals surface area contributed by atoms with Crippen molar-refractivity contribution in [3.05, 3.63) is 0 Å². The van der Waals surface area contributed by atoms with E-state index in [9.17, 15) is 8.78 Å². The topological polar surface area (TPSA) is 3.24 Å². The Labute approximate surface area is 84.5 Å². The van der Waals surface area contributed by atoms with Gasteiger partial charge < -0.3 is 0 Å². The normalized spacial score (nSPS) is 42.0. The van der Waals surface area contributed by atoms with Crippen LogP contribution in [0.4, 0.5) is 8.78 Å². The molecular weight excluding hydrogens is 184 g/mol. The summed E-state index contributed by atoms with van der Waals surface area (Å²) in [7, 11) is 0. The Balaban J connectivity index is 2.14. The largest absolute Gasteiger partial charge is 0.295 e. The van der Waals surface area contributed by atoms with E-state index in [1.165, 1.54) is 0 Å². The highest BCUT2D eigenvalue weighted by Crippen LogP contribution is 2.66. The Kier molecular flexibility index (Phi) is 1.84. The van der Waals surface area contributed by atoms with E-state index in [2.05, 4.69) is 32.6 Å². The number of rotatable bonds is 0. The lowest BCUT2D eigenvalue weighted by Gasteiger charge is -2.35. The van der Waals surface area contributed by atoms with Crippen molar-refractivity contribution in [1.29, 1.82) is 0 Å². The van der Waals surface area contributed by atoms with Crippen molar-refractivity contribution in [2.24, 2.45) is 5.41 Å². The summed E-state index contributed by atoms with van der Waals surface area (Å²) in [5, 5.41) is 0. The van der Waals surface area contributed by atoms with Gasteiger partial charge in [0.1, 0.15) is 0 Å². The molecule has 0 bridgehead atoms. The van der Waals surface area contributed by atoms with Crippen LogP contribution in [0.15, 0.2) is 0 Å². The standard InChI is InChI=1S/C11H19F2N/c1-8-5-10(6-11(10,12)13)7-14(8)9(2,3)4/h8H,5-7H2,1-4H3/t8-,10-/m0/s1. The van der Waals surface area contributed by atoms with Crippen LogP contribution in [-0.2, 0) is 0 Å². The van der Waals surface area contributed by atoms with Crippen molar-refractivity contribution in [2.45, 2.75) is 58.0 Å². The maximum Gasteiger partial charge on any atom is 0.255 e. The zero-order valence-corrected chi connectivity index (χ0v) is 9.40. The highest BCUT2D eigenvalue weighted by atomic mass is 19.3. The van der Waals surface area contributed by atoms with Crippen molar-refractivity contribution in [3.8, 4) is 0 Å². The van der Waals surface area contributed by atoms with Gasteiger partial charge in [0.25, 0.3) is 5.92 Å². The van der Waals surface area contributed by atoms with Crippen LogP contribution in [0.1, 0.15) is 40.5 Å². The third-order valence-electron chi connectivity index (χ3n) is 3.76. The lowest BCUT2D eigenvalue weighted by atomic mass is 10.0. The molecule has 0 aromatic carbocycles. The third-order valence-corrected chi connectivity index (χ3v) is 3.76. The van der Waals surface area contributed by atoms with Gasteiger partial charge >= 0.3 is 0 Å². The van der Waals surface area contributed by atoms with Crippen molar-refractivity contribution in [3.63, 3.8) is 0 Å². The average Bonchev–Trinajstić information content (AvgIpc) is 2.34. The van der Waals surface area contributed by atoms with Gasteiger partial charge in [-0.25, -0.2) is 8.78 Å². The molecule has 0 radical (unpaired) electrons. The van der Waals surface area contributed by atoms with E-state index in [-0.39, 0.29) is 12.0 Å². The van der Waals surface area contributed by atoms with E-state index in [0.717, 1.165) is 0 Å². The van der Waals surface area contributed by atoms with Gasteiger partial charge in [-0.3, -0.25) is 4.90 Å². The highest BCUT2D eigenvalue weighted by Gasteiger charge is 2.74. The molecule has 3 heteroatoms. The van der Waals surface area contributed by atoms with Gasteiger partial charge in [0, 0.05) is 24.5 Å². The van der Waals surface area contributed by atoms with Crippen LogP contribution < -0.4 is 0 Å². The Bertz CT molecular complexity index is 257. The number of halogens is 2. The fourth-order valence-corrected chi connectivity index (χ4v) is 2.89. The Morgan fingerprint density at radius 1 is 1.29 bits per heavy atom. The molecule has 1 aliphatic carbocycles. The van der Waals surface area contributed by atoms with Gasteiger partial charge in [-0.1, -0.05) is 0 Å². The number of alkyl halides is 2. The molecule has 0 unspecified atom stereocenters. The summed E-state index contributed by atoms with van der Waals surface area (Å²) in [6.07, 6.45) is 0.772. The SMILES string of the molecule is C[C@H]1C[C@@]2(CN1C(C)(C)C)CC2(F)F. The molecule has 2 rings (SSSR count). The van der Waals surface area contributed by atoms with Gasteiger partial charge in [0.15, 0.2) is 0 Å². The minimum atomic E-state index is -2.39. The molecule has 0 amide bonds. The fourth-order valence-electron chi connectivity index (χ4n) is 2.89. The molecule has 1 saturated carbocycles. The van der Waals surface area contributed by atoms with Crippen LogP contribution in [0.2, 0.25) is 0 Å². The zero-order valence-electron chi connectivity index (χ0n) is 9.40. The van der Waals surface area contributed by atoms with E-state index in [1.54, 1.807) is 0 Å². The summed E-state index contributed by atoms with van der Waals surface area (Å²) in [6, 6.07) is 0.295. The van der Waals surface area contributed by atoms with E-state index < -0.39 is 11.3 Å². The number of nitrogens with zero attached hydrogens (tertiary/aromatic N) is 1. The van der Waals surface area contributed by atoms with Crippen LogP contribution in [-0.4, -0.2) is 28.9 Å². The number of likely N-dealkylation sites (tertiary alicyclic amines) is 1. The molecular formula is C11H19F2N. The van der Waals surface area contributed by atoms with Crippen LogP contribution in [0.25, 0.3) is 0 Å². The van der Waals surface area contributed by atoms with Gasteiger partial charge in [-0.05, 0) is 34.1 Å². The monoisotopic (exact) mass is 203 g/mol. The first-order valence-electron chi connectivity index (χ1n) is 5.33. The van der Waals surface area contributed by atoms with E-state index in [1.807, 2.05) is 0 Å². The molecule has 1 heterocycles. The molecule has 2 atom stereocenters. The van der Waals surface area contributed by atoms with Gasteiger partial charge in [0.05, 0.1) is 5.41 Å². The minimum Gasteiger partial charge on any atom is -0.295 e.